The maximum absolute atomic E-state index is 11.1. The van der Waals surface area contributed by atoms with Crippen LogP contribution in [0.1, 0.15) is 32.6 Å². The molecule has 0 radical (unpaired) electrons. The molecule has 0 aliphatic rings. The van der Waals surface area contributed by atoms with Crippen LogP contribution in [0, 0.1) is 0 Å². The number of carbonyl (C=O) groups is 1. The Morgan fingerprint density at radius 1 is 1.58 bits per heavy atom. The summed E-state index contributed by atoms with van der Waals surface area (Å²) in [5.74, 6) is -0.0612. The number of unbranched alkanes of at least 4 members (excludes halogenated alkanes) is 1. The van der Waals surface area contributed by atoms with Crippen molar-refractivity contribution in [1.82, 2.24) is 0 Å². The van der Waals surface area contributed by atoms with Crippen molar-refractivity contribution in [2.24, 2.45) is 0 Å². The SMILES string of the molecule is CCCCC(=O)C(O)CCOC. The highest BCUT2D eigenvalue weighted by Gasteiger charge is 2.12. The fraction of sp³-hybridized carbons (Fsp3) is 0.889. The summed E-state index contributed by atoms with van der Waals surface area (Å²) in [6, 6.07) is 0. The predicted octanol–water partition coefficient (Wildman–Crippen LogP) is 1.14. The van der Waals surface area contributed by atoms with Gasteiger partial charge in [-0.1, -0.05) is 13.3 Å². The summed E-state index contributed by atoms with van der Waals surface area (Å²) in [4.78, 5) is 11.1. The quantitative estimate of drug-likeness (QED) is 0.629. The Hall–Kier alpha value is -0.410. The molecule has 0 amide bonds. The molecule has 3 nitrogen and oxygen atoms in total. The van der Waals surface area contributed by atoms with E-state index in [-0.39, 0.29) is 5.78 Å². The van der Waals surface area contributed by atoms with Gasteiger partial charge in [0, 0.05) is 26.6 Å². The number of hydrogen-bond acceptors (Lipinski definition) is 3. The maximum Gasteiger partial charge on any atom is 0.161 e. The Morgan fingerprint density at radius 2 is 2.25 bits per heavy atom. The van der Waals surface area contributed by atoms with Gasteiger partial charge in [-0.15, -0.1) is 0 Å². The molecule has 1 atom stereocenters. The molecule has 0 aliphatic heterocycles. The van der Waals surface area contributed by atoms with Crippen molar-refractivity contribution in [2.45, 2.75) is 38.7 Å². The highest BCUT2D eigenvalue weighted by atomic mass is 16.5. The van der Waals surface area contributed by atoms with Gasteiger partial charge in [0.25, 0.3) is 0 Å². The third kappa shape index (κ3) is 5.27. The Balaban J connectivity index is 3.47. The number of carbonyl (C=O) groups excluding carboxylic acids is 1. The minimum absolute atomic E-state index is 0.0612. The second kappa shape index (κ2) is 7.25. The van der Waals surface area contributed by atoms with Crippen LogP contribution in [0.25, 0.3) is 0 Å². The van der Waals surface area contributed by atoms with Gasteiger partial charge >= 0.3 is 0 Å². The van der Waals surface area contributed by atoms with E-state index in [4.69, 9.17) is 4.74 Å². The van der Waals surface area contributed by atoms with Crippen LogP contribution in [0.3, 0.4) is 0 Å². The number of ether oxygens (including phenoxy) is 1. The summed E-state index contributed by atoms with van der Waals surface area (Å²) in [6.07, 6.45) is 1.93. The largest absolute Gasteiger partial charge is 0.385 e. The second-order valence-electron chi connectivity index (χ2n) is 2.87. The Bertz CT molecular complexity index is 123. The van der Waals surface area contributed by atoms with Crippen LogP contribution < -0.4 is 0 Å². The van der Waals surface area contributed by atoms with Crippen molar-refractivity contribution in [3.63, 3.8) is 0 Å². The highest BCUT2D eigenvalue weighted by molar-refractivity contribution is 5.82. The van der Waals surface area contributed by atoms with Crippen molar-refractivity contribution in [3.05, 3.63) is 0 Å². The van der Waals surface area contributed by atoms with E-state index in [9.17, 15) is 9.90 Å². The van der Waals surface area contributed by atoms with Crippen LogP contribution in [-0.2, 0) is 9.53 Å². The number of aliphatic hydroxyl groups excluding tert-OH is 1. The summed E-state index contributed by atoms with van der Waals surface area (Å²) in [6.45, 7) is 2.47. The molecule has 0 fully saturated rings. The number of aliphatic hydroxyl groups is 1. The zero-order chi connectivity index (χ0) is 9.40. The van der Waals surface area contributed by atoms with E-state index >= 15 is 0 Å². The molecular weight excluding hydrogens is 156 g/mol. The smallest absolute Gasteiger partial charge is 0.161 e. The van der Waals surface area contributed by atoms with Crippen molar-refractivity contribution in [2.75, 3.05) is 13.7 Å². The average molecular weight is 174 g/mol. The van der Waals surface area contributed by atoms with E-state index in [0.717, 1.165) is 12.8 Å². The first-order valence-corrected chi connectivity index (χ1v) is 4.42. The van der Waals surface area contributed by atoms with Crippen molar-refractivity contribution in [1.29, 1.82) is 0 Å². The number of hydrogen-bond donors (Lipinski definition) is 1. The van der Waals surface area contributed by atoms with Gasteiger partial charge in [0.2, 0.25) is 0 Å². The van der Waals surface area contributed by atoms with Gasteiger partial charge in [0.1, 0.15) is 6.10 Å². The van der Waals surface area contributed by atoms with Crippen LogP contribution >= 0.6 is 0 Å². The third-order valence-electron chi connectivity index (χ3n) is 1.74. The lowest BCUT2D eigenvalue weighted by Crippen LogP contribution is -2.21. The van der Waals surface area contributed by atoms with Crippen molar-refractivity contribution in [3.8, 4) is 0 Å². The standard InChI is InChI=1S/C9H18O3/c1-3-4-5-8(10)9(11)6-7-12-2/h9,11H,3-7H2,1-2H3. The molecule has 3 heteroatoms. The zero-order valence-electron chi connectivity index (χ0n) is 7.88. The molecule has 0 bridgehead atoms. The lowest BCUT2D eigenvalue weighted by Gasteiger charge is -2.07. The predicted molar refractivity (Wildman–Crippen MR) is 47.0 cm³/mol. The van der Waals surface area contributed by atoms with Crippen LogP contribution in [0.5, 0.6) is 0 Å². The van der Waals surface area contributed by atoms with E-state index in [1.807, 2.05) is 6.92 Å². The van der Waals surface area contributed by atoms with Gasteiger partial charge in [0.05, 0.1) is 0 Å². The molecule has 0 spiro atoms. The molecule has 0 saturated carbocycles. The molecule has 72 valence electrons. The van der Waals surface area contributed by atoms with Gasteiger partial charge < -0.3 is 9.84 Å². The lowest BCUT2D eigenvalue weighted by atomic mass is 10.1. The first-order valence-electron chi connectivity index (χ1n) is 4.42. The van der Waals surface area contributed by atoms with Crippen molar-refractivity contribution < 1.29 is 14.6 Å². The van der Waals surface area contributed by atoms with Gasteiger partial charge in [-0.25, -0.2) is 0 Å². The Kier molecular flexibility index (Phi) is 7.00. The number of ketones is 1. The summed E-state index contributed by atoms with van der Waals surface area (Å²) in [5, 5.41) is 9.25. The maximum atomic E-state index is 11.1. The molecule has 0 heterocycles. The Morgan fingerprint density at radius 3 is 2.75 bits per heavy atom. The summed E-state index contributed by atoms with van der Waals surface area (Å²) in [7, 11) is 1.56. The fourth-order valence-corrected chi connectivity index (χ4v) is 0.908. The number of rotatable bonds is 7. The summed E-state index contributed by atoms with van der Waals surface area (Å²) >= 11 is 0. The first-order chi connectivity index (χ1) is 5.72. The average Bonchev–Trinajstić information content (AvgIpc) is 2.10. The minimum Gasteiger partial charge on any atom is -0.385 e. The van der Waals surface area contributed by atoms with Gasteiger partial charge in [-0.3, -0.25) is 4.79 Å². The molecule has 12 heavy (non-hydrogen) atoms. The van der Waals surface area contributed by atoms with Crippen LogP contribution in [0.4, 0.5) is 0 Å². The monoisotopic (exact) mass is 174 g/mol. The summed E-state index contributed by atoms with van der Waals surface area (Å²) < 4.78 is 4.75. The molecule has 1 N–H and O–H groups in total. The first kappa shape index (κ1) is 11.6. The highest BCUT2D eigenvalue weighted by Crippen LogP contribution is 2.02. The van der Waals surface area contributed by atoms with Gasteiger partial charge in [-0.05, 0) is 6.42 Å². The summed E-state index contributed by atoms with van der Waals surface area (Å²) in [5.41, 5.74) is 0. The van der Waals surface area contributed by atoms with Gasteiger partial charge in [0.15, 0.2) is 5.78 Å². The van der Waals surface area contributed by atoms with E-state index in [1.54, 1.807) is 7.11 Å². The molecule has 0 rings (SSSR count). The van der Waals surface area contributed by atoms with Crippen LogP contribution in [0.15, 0.2) is 0 Å². The van der Waals surface area contributed by atoms with Crippen molar-refractivity contribution >= 4 is 5.78 Å². The molecule has 0 aromatic heterocycles. The molecular formula is C9H18O3. The van der Waals surface area contributed by atoms with E-state index in [0.29, 0.717) is 19.4 Å². The van der Waals surface area contributed by atoms with E-state index in [2.05, 4.69) is 0 Å². The molecule has 1 unspecified atom stereocenters. The number of methoxy groups -OCH3 is 1. The second-order valence-corrected chi connectivity index (χ2v) is 2.87. The van der Waals surface area contributed by atoms with E-state index in [1.165, 1.54) is 0 Å². The van der Waals surface area contributed by atoms with Gasteiger partial charge in [-0.2, -0.15) is 0 Å². The lowest BCUT2D eigenvalue weighted by molar-refractivity contribution is -0.128. The third-order valence-corrected chi connectivity index (χ3v) is 1.74. The molecule has 0 aliphatic carbocycles. The van der Waals surface area contributed by atoms with Crippen LogP contribution in [0.2, 0.25) is 0 Å². The topological polar surface area (TPSA) is 46.5 Å². The Labute approximate surface area is 73.7 Å². The number of Topliss-reactive ketones (excluding diaryl/α,β-unsaturated/α-hetero) is 1. The molecule has 0 saturated heterocycles. The minimum atomic E-state index is -0.823. The molecule has 0 aromatic carbocycles. The fourth-order valence-electron chi connectivity index (χ4n) is 0.908. The van der Waals surface area contributed by atoms with E-state index < -0.39 is 6.10 Å². The van der Waals surface area contributed by atoms with Crippen LogP contribution in [-0.4, -0.2) is 30.7 Å². The molecule has 0 aromatic rings. The zero-order valence-corrected chi connectivity index (χ0v) is 7.88. The normalized spacial score (nSPS) is 12.9.